The third-order valence-corrected chi connectivity index (χ3v) is 3.46. The monoisotopic (exact) mass is 312 g/mol. The van der Waals surface area contributed by atoms with Crippen LogP contribution in [-0.2, 0) is 4.74 Å². The van der Waals surface area contributed by atoms with Crippen LogP contribution in [0.3, 0.4) is 0 Å². The van der Waals surface area contributed by atoms with E-state index in [0.717, 1.165) is 0 Å². The van der Waals surface area contributed by atoms with Crippen LogP contribution in [0.25, 0.3) is 22.1 Å². The molecule has 0 aliphatic carbocycles. The van der Waals surface area contributed by atoms with Gasteiger partial charge >= 0.3 is 11.6 Å². The van der Waals surface area contributed by atoms with Crippen molar-refractivity contribution in [2.75, 3.05) is 7.11 Å². The SMILES string of the molecule is COC(=O)c1cccc(-c2cc(=O)oc3c(O)c(O)ccc23)c1. The number of ether oxygens (including phenoxy) is 1. The number of carbonyl (C=O) groups is 1. The van der Waals surface area contributed by atoms with Gasteiger partial charge in [0.25, 0.3) is 0 Å². The highest BCUT2D eigenvalue weighted by Gasteiger charge is 2.15. The van der Waals surface area contributed by atoms with Crippen molar-refractivity contribution < 1.29 is 24.2 Å². The largest absolute Gasteiger partial charge is 0.504 e. The summed E-state index contributed by atoms with van der Waals surface area (Å²) in [7, 11) is 1.28. The van der Waals surface area contributed by atoms with Gasteiger partial charge in [-0.3, -0.25) is 0 Å². The molecule has 23 heavy (non-hydrogen) atoms. The molecule has 2 N–H and O–H groups in total. The molecule has 2 aromatic carbocycles. The van der Waals surface area contributed by atoms with Gasteiger partial charge in [0.2, 0.25) is 5.75 Å². The lowest BCUT2D eigenvalue weighted by molar-refractivity contribution is 0.0601. The zero-order valence-electron chi connectivity index (χ0n) is 12.1. The first kappa shape index (κ1) is 14.6. The fourth-order valence-corrected chi connectivity index (χ4v) is 2.37. The zero-order valence-corrected chi connectivity index (χ0v) is 12.1. The normalized spacial score (nSPS) is 10.7. The standard InChI is InChI=1S/C17H12O6/c1-22-17(21)10-4-2-3-9(7-10)12-8-14(19)23-16-11(12)5-6-13(18)15(16)20/h2-8,18,20H,1H3. The minimum atomic E-state index is -0.683. The quantitative estimate of drug-likeness (QED) is 0.429. The molecule has 0 atom stereocenters. The molecule has 3 rings (SSSR count). The lowest BCUT2D eigenvalue weighted by Gasteiger charge is -2.08. The van der Waals surface area contributed by atoms with Crippen molar-refractivity contribution in [2.45, 2.75) is 0 Å². The van der Waals surface area contributed by atoms with Gasteiger partial charge in [0.05, 0.1) is 12.7 Å². The number of methoxy groups -OCH3 is 1. The Morgan fingerprint density at radius 2 is 1.91 bits per heavy atom. The Hall–Kier alpha value is -3.28. The summed E-state index contributed by atoms with van der Waals surface area (Å²) in [5, 5.41) is 19.9. The van der Waals surface area contributed by atoms with Crippen LogP contribution in [0.5, 0.6) is 11.5 Å². The molecule has 0 spiro atoms. The molecule has 0 saturated heterocycles. The summed E-state index contributed by atoms with van der Waals surface area (Å²) >= 11 is 0. The van der Waals surface area contributed by atoms with E-state index in [1.165, 1.54) is 25.3 Å². The molecule has 0 radical (unpaired) electrons. The predicted molar refractivity (Wildman–Crippen MR) is 82.6 cm³/mol. The van der Waals surface area contributed by atoms with E-state index < -0.39 is 17.3 Å². The number of phenolic OH excluding ortho intramolecular Hbond substituents is 2. The Labute approximate surface area is 130 Å². The lowest BCUT2D eigenvalue weighted by atomic mass is 10.00. The van der Waals surface area contributed by atoms with Gasteiger partial charge < -0.3 is 19.4 Å². The van der Waals surface area contributed by atoms with Crippen LogP contribution < -0.4 is 5.63 Å². The molecule has 0 saturated carbocycles. The molecule has 116 valence electrons. The minimum Gasteiger partial charge on any atom is -0.504 e. The van der Waals surface area contributed by atoms with Gasteiger partial charge in [-0.15, -0.1) is 0 Å². The van der Waals surface area contributed by atoms with Crippen LogP contribution in [0.1, 0.15) is 10.4 Å². The molecule has 6 nitrogen and oxygen atoms in total. The van der Waals surface area contributed by atoms with E-state index in [9.17, 15) is 19.8 Å². The highest BCUT2D eigenvalue weighted by molar-refractivity contribution is 5.98. The Balaban J connectivity index is 2.31. The van der Waals surface area contributed by atoms with Gasteiger partial charge in [-0.2, -0.15) is 0 Å². The molecular weight excluding hydrogens is 300 g/mol. The summed E-state index contributed by atoms with van der Waals surface area (Å²) in [6.07, 6.45) is 0. The van der Waals surface area contributed by atoms with E-state index in [-0.39, 0.29) is 11.3 Å². The van der Waals surface area contributed by atoms with Crippen molar-refractivity contribution in [2.24, 2.45) is 0 Å². The fourth-order valence-electron chi connectivity index (χ4n) is 2.37. The van der Waals surface area contributed by atoms with Gasteiger partial charge in [0.1, 0.15) is 0 Å². The maximum Gasteiger partial charge on any atom is 0.337 e. The average molecular weight is 312 g/mol. The van der Waals surface area contributed by atoms with E-state index in [2.05, 4.69) is 4.74 Å². The molecule has 0 amide bonds. The van der Waals surface area contributed by atoms with Crippen LogP contribution in [0.15, 0.2) is 51.7 Å². The summed E-state index contributed by atoms with van der Waals surface area (Å²) in [5.74, 6) is -1.40. The Kier molecular flexibility index (Phi) is 3.50. The van der Waals surface area contributed by atoms with Crippen LogP contribution in [0, 0.1) is 0 Å². The first-order chi connectivity index (χ1) is 11.0. The highest BCUT2D eigenvalue weighted by Crippen LogP contribution is 2.37. The molecule has 6 heteroatoms. The average Bonchev–Trinajstić information content (AvgIpc) is 2.57. The first-order valence-electron chi connectivity index (χ1n) is 6.69. The van der Waals surface area contributed by atoms with E-state index in [0.29, 0.717) is 22.1 Å². The first-order valence-corrected chi connectivity index (χ1v) is 6.69. The molecule has 1 heterocycles. The number of fused-ring (bicyclic) bond motifs is 1. The fraction of sp³-hybridized carbons (Fsp3) is 0.0588. The summed E-state index contributed by atoms with van der Waals surface area (Å²) in [4.78, 5) is 23.4. The second-order valence-electron chi connectivity index (χ2n) is 4.86. The van der Waals surface area contributed by atoms with Crippen LogP contribution in [0.4, 0.5) is 0 Å². The van der Waals surface area contributed by atoms with Gasteiger partial charge in [-0.05, 0) is 29.8 Å². The van der Waals surface area contributed by atoms with Gasteiger partial charge in [-0.1, -0.05) is 12.1 Å². The van der Waals surface area contributed by atoms with E-state index in [4.69, 9.17) is 4.42 Å². The van der Waals surface area contributed by atoms with Gasteiger partial charge in [0, 0.05) is 17.0 Å². The number of carbonyl (C=O) groups excluding carboxylic acids is 1. The number of phenols is 2. The molecule has 0 fully saturated rings. The second kappa shape index (κ2) is 5.49. The molecule has 1 aromatic heterocycles. The Morgan fingerprint density at radius 3 is 2.65 bits per heavy atom. The van der Waals surface area contributed by atoms with Crippen molar-refractivity contribution in [1.29, 1.82) is 0 Å². The number of benzene rings is 2. The van der Waals surface area contributed by atoms with Crippen molar-refractivity contribution in [3.05, 3.63) is 58.4 Å². The lowest BCUT2D eigenvalue weighted by Crippen LogP contribution is -2.02. The molecule has 0 aliphatic rings. The van der Waals surface area contributed by atoms with Crippen LogP contribution in [0.2, 0.25) is 0 Å². The summed E-state index contributed by atoms with van der Waals surface area (Å²) in [6.45, 7) is 0. The van der Waals surface area contributed by atoms with Crippen molar-refractivity contribution in [1.82, 2.24) is 0 Å². The summed E-state index contributed by atoms with van der Waals surface area (Å²) in [6, 6.07) is 10.6. The summed E-state index contributed by atoms with van der Waals surface area (Å²) in [5.41, 5.74) is 0.579. The van der Waals surface area contributed by atoms with E-state index in [1.807, 2.05) is 0 Å². The van der Waals surface area contributed by atoms with E-state index in [1.54, 1.807) is 24.3 Å². The number of hydrogen-bond acceptors (Lipinski definition) is 6. The maximum absolute atomic E-state index is 11.8. The molecule has 0 bridgehead atoms. The maximum atomic E-state index is 11.8. The van der Waals surface area contributed by atoms with Crippen LogP contribution in [-0.4, -0.2) is 23.3 Å². The number of hydrogen-bond donors (Lipinski definition) is 2. The summed E-state index contributed by atoms with van der Waals surface area (Å²) < 4.78 is 9.66. The van der Waals surface area contributed by atoms with Crippen molar-refractivity contribution in [3.63, 3.8) is 0 Å². The van der Waals surface area contributed by atoms with Gasteiger partial charge in [-0.25, -0.2) is 9.59 Å². The number of rotatable bonds is 2. The van der Waals surface area contributed by atoms with Gasteiger partial charge in [0.15, 0.2) is 11.3 Å². The zero-order chi connectivity index (χ0) is 16.6. The van der Waals surface area contributed by atoms with Crippen molar-refractivity contribution in [3.8, 4) is 22.6 Å². The Morgan fingerprint density at radius 1 is 1.13 bits per heavy atom. The third kappa shape index (κ3) is 2.50. The highest BCUT2D eigenvalue weighted by atomic mass is 16.5. The Bertz CT molecular complexity index is 970. The number of esters is 1. The van der Waals surface area contributed by atoms with Crippen LogP contribution >= 0.6 is 0 Å². The topological polar surface area (TPSA) is 97.0 Å². The molecule has 0 unspecified atom stereocenters. The smallest absolute Gasteiger partial charge is 0.337 e. The molecule has 0 aliphatic heterocycles. The predicted octanol–water partition coefficient (Wildman–Crippen LogP) is 2.66. The minimum absolute atomic E-state index is 0.115. The third-order valence-electron chi connectivity index (χ3n) is 3.46. The van der Waals surface area contributed by atoms with Crippen molar-refractivity contribution >= 4 is 16.9 Å². The molecule has 3 aromatic rings. The second-order valence-corrected chi connectivity index (χ2v) is 4.86. The molecular formula is C17H12O6. The number of aromatic hydroxyl groups is 2. The van der Waals surface area contributed by atoms with E-state index >= 15 is 0 Å².